The van der Waals surface area contributed by atoms with Gasteiger partial charge in [0.05, 0.1) is 11.6 Å². The molecule has 5 nitrogen and oxygen atoms in total. The number of hydrogen-bond acceptors (Lipinski definition) is 3. The molecule has 0 aromatic heterocycles. The highest BCUT2D eigenvalue weighted by Crippen LogP contribution is 2.24. The van der Waals surface area contributed by atoms with Crippen molar-refractivity contribution >= 4 is 17.6 Å². The summed E-state index contributed by atoms with van der Waals surface area (Å²) in [5.41, 5.74) is 0. The number of rotatable bonds is 11. The van der Waals surface area contributed by atoms with Crippen molar-refractivity contribution in [2.75, 3.05) is 32.8 Å². The van der Waals surface area contributed by atoms with E-state index in [0.29, 0.717) is 17.3 Å². The Morgan fingerprint density at radius 3 is 2.71 bits per heavy atom. The van der Waals surface area contributed by atoms with Crippen molar-refractivity contribution in [3.8, 4) is 5.75 Å². The number of unbranched alkanes of at least 4 members (excludes halogenated alkanes) is 1. The fourth-order valence-corrected chi connectivity index (χ4v) is 2.22. The Morgan fingerprint density at radius 1 is 1.21 bits per heavy atom. The fourth-order valence-electron chi connectivity index (χ4n) is 2.04. The Kier molecular flexibility index (Phi) is 11.1. The lowest BCUT2D eigenvalue weighted by Crippen LogP contribution is -2.38. The quantitative estimate of drug-likeness (QED) is 0.362. The van der Waals surface area contributed by atoms with Gasteiger partial charge in [0.15, 0.2) is 5.96 Å². The van der Waals surface area contributed by atoms with Gasteiger partial charge in [0.25, 0.3) is 0 Å². The number of para-hydroxylation sites is 1. The van der Waals surface area contributed by atoms with Crippen LogP contribution in [0.1, 0.15) is 33.6 Å². The van der Waals surface area contributed by atoms with Crippen LogP contribution in [0.4, 0.5) is 0 Å². The molecule has 24 heavy (non-hydrogen) atoms. The summed E-state index contributed by atoms with van der Waals surface area (Å²) in [5, 5.41) is 7.19. The molecule has 0 saturated carbocycles. The molecular weight excluding hydrogens is 326 g/mol. The van der Waals surface area contributed by atoms with Crippen LogP contribution in [0, 0.1) is 0 Å². The molecule has 0 bridgehead atoms. The van der Waals surface area contributed by atoms with Crippen LogP contribution < -0.4 is 15.4 Å². The third-order valence-electron chi connectivity index (χ3n) is 3.23. The van der Waals surface area contributed by atoms with Crippen LogP contribution in [0.2, 0.25) is 5.02 Å². The summed E-state index contributed by atoms with van der Waals surface area (Å²) in [6.07, 6.45) is 2.04. The molecule has 0 saturated heterocycles. The number of benzene rings is 1. The zero-order chi connectivity index (χ0) is 17.6. The van der Waals surface area contributed by atoms with E-state index in [2.05, 4.69) is 22.5 Å². The highest BCUT2D eigenvalue weighted by molar-refractivity contribution is 6.32. The summed E-state index contributed by atoms with van der Waals surface area (Å²) in [6, 6.07) is 7.48. The van der Waals surface area contributed by atoms with Gasteiger partial charge in [-0.05, 0) is 45.7 Å². The lowest BCUT2D eigenvalue weighted by Gasteiger charge is -2.16. The molecule has 1 unspecified atom stereocenters. The summed E-state index contributed by atoms with van der Waals surface area (Å²) in [6.45, 7) is 9.90. The van der Waals surface area contributed by atoms with Crippen molar-refractivity contribution < 1.29 is 9.47 Å². The Morgan fingerprint density at radius 2 is 2.00 bits per heavy atom. The van der Waals surface area contributed by atoms with E-state index in [1.54, 1.807) is 0 Å². The Labute approximate surface area is 150 Å². The second-order valence-electron chi connectivity index (χ2n) is 5.41. The molecule has 0 spiro atoms. The van der Waals surface area contributed by atoms with Gasteiger partial charge >= 0.3 is 0 Å². The van der Waals surface area contributed by atoms with Crippen molar-refractivity contribution in [2.24, 2.45) is 4.99 Å². The van der Waals surface area contributed by atoms with E-state index in [-0.39, 0.29) is 6.10 Å². The molecule has 0 amide bonds. The van der Waals surface area contributed by atoms with E-state index in [4.69, 9.17) is 21.1 Å². The monoisotopic (exact) mass is 355 g/mol. The maximum atomic E-state index is 6.11. The first-order valence-electron chi connectivity index (χ1n) is 8.68. The first-order valence-corrected chi connectivity index (χ1v) is 9.06. The zero-order valence-corrected chi connectivity index (χ0v) is 15.7. The predicted octanol–water partition coefficient (Wildman–Crippen LogP) is 3.48. The maximum absolute atomic E-state index is 6.11. The summed E-state index contributed by atoms with van der Waals surface area (Å²) < 4.78 is 11.2. The summed E-state index contributed by atoms with van der Waals surface area (Å²) in [4.78, 5) is 4.57. The average Bonchev–Trinajstić information content (AvgIpc) is 2.57. The fraction of sp³-hybridized carbons (Fsp3) is 0.611. The highest BCUT2D eigenvalue weighted by Gasteiger charge is 2.07. The number of nitrogens with one attached hydrogen (secondary N) is 2. The molecule has 1 atom stereocenters. The third-order valence-corrected chi connectivity index (χ3v) is 3.54. The van der Waals surface area contributed by atoms with Crippen LogP contribution in [0.25, 0.3) is 0 Å². The number of hydrogen-bond donors (Lipinski definition) is 2. The SMILES string of the molecule is CCNC(=NCC(C)Oc1ccccc1Cl)NCCCCOCC. The molecule has 6 heteroatoms. The van der Waals surface area contributed by atoms with E-state index >= 15 is 0 Å². The second kappa shape index (κ2) is 12.9. The van der Waals surface area contributed by atoms with Crippen LogP contribution in [0.15, 0.2) is 29.3 Å². The van der Waals surface area contributed by atoms with Gasteiger partial charge in [-0.2, -0.15) is 0 Å². The standard InChI is InChI=1S/C18H30ClN3O2/c1-4-20-18(21-12-8-9-13-23-5-2)22-14-15(3)24-17-11-7-6-10-16(17)19/h6-7,10-11,15H,4-5,8-9,12-14H2,1-3H3,(H2,20,21,22). The molecule has 1 aromatic carbocycles. The molecule has 0 aliphatic rings. The number of halogens is 1. The van der Waals surface area contributed by atoms with E-state index in [1.807, 2.05) is 38.1 Å². The summed E-state index contributed by atoms with van der Waals surface area (Å²) in [5.74, 6) is 1.50. The molecular formula is C18H30ClN3O2. The number of ether oxygens (including phenoxy) is 2. The molecule has 0 radical (unpaired) electrons. The van der Waals surface area contributed by atoms with Gasteiger partial charge in [-0.1, -0.05) is 23.7 Å². The zero-order valence-electron chi connectivity index (χ0n) is 15.0. The van der Waals surface area contributed by atoms with Crippen LogP contribution in [0.5, 0.6) is 5.75 Å². The van der Waals surface area contributed by atoms with Crippen molar-refractivity contribution in [1.82, 2.24) is 10.6 Å². The Hall–Kier alpha value is -1.46. The predicted molar refractivity (Wildman–Crippen MR) is 101 cm³/mol. The first-order chi connectivity index (χ1) is 11.7. The van der Waals surface area contributed by atoms with Crippen molar-refractivity contribution in [3.63, 3.8) is 0 Å². The molecule has 0 aliphatic heterocycles. The maximum Gasteiger partial charge on any atom is 0.191 e. The van der Waals surface area contributed by atoms with Crippen LogP contribution in [-0.4, -0.2) is 44.9 Å². The second-order valence-corrected chi connectivity index (χ2v) is 5.82. The molecule has 1 aromatic rings. The summed E-state index contributed by atoms with van der Waals surface area (Å²) >= 11 is 6.11. The van der Waals surface area contributed by atoms with Gasteiger partial charge in [-0.3, -0.25) is 0 Å². The van der Waals surface area contributed by atoms with E-state index in [1.165, 1.54) is 0 Å². The molecule has 2 N–H and O–H groups in total. The van der Waals surface area contributed by atoms with Gasteiger partial charge < -0.3 is 20.1 Å². The van der Waals surface area contributed by atoms with Crippen LogP contribution in [-0.2, 0) is 4.74 Å². The van der Waals surface area contributed by atoms with E-state index in [9.17, 15) is 0 Å². The van der Waals surface area contributed by atoms with E-state index in [0.717, 1.165) is 45.1 Å². The molecule has 0 heterocycles. The first kappa shape index (κ1) is 20.6. The van der Waals surface area contributed by atoms with Crippen molar-refractivity contribution in [3.05, 3.63) is 29.3 Å². The topological polar surface area (TPSA) is 54.9 Å². The van der Waals surface area contributed by atoms with Gasteiger partial charge in [-0.25, -0.2) is 4.99 Å². The van der Waals surface area contributed by atoms with Crippen LogP contribution >= 0.6 is 11.6 Å². The third kappa shape index (κ3) is 8.99. The van der Waals surface area contributed by atoms with Gasteiger partial charge in [0.1, 0.15) is 11.9 Å². The largest absolute Gasteiger partial charge is 0.487 e. The normalized spacial score (nSPS) is 12.8. The lowest BCUT2D eigenvalue weighted by atomic mass is 10.3. The number of aliphatic imine (C=N–C) groups is 1. The average molecular weight is 356 g/mol. The molecule has 1 rings (SSSR count). The van der Waals surface area contributed by atoms with Crippen molar-refractivity contribution in [1.29, 1.82) is 0 Å². The minimum absolute atomic E-state index is 0.0571. The van der Waals surface area contributed by atoms with Crippen molar-refractivity contribution in [2.45, 2.75) is 39.7 Å². The smallest absolute Gasteiger partial charge is 0.191 e. The van der Waals surface area contributed by atoms with Crippen LogP contribution in [0.3, 0.4) is 0 Å². The molecule has 0 fully saturated rings. The number of nitrogens with zero attached hydrogens (tertiary/aromatic N) is 1. The summed E-state index contributed by atoms with van der Waals surface area (Å²) in [7, 11) is 0. The van der Waals surface area contributed by atoms with Gasteiger partial charge in [-0.15, -0.1) is 0 Å². The number of guanidine groups is 1. The Balaban J connectivity index is 2.36. The lowest BCUT2D eigenvalue weighted by molar-refractivity contribution is 0.143. The van der Waals surface area contributed by atoms with Gasteiger partial charge in [0, 0.05) is 26.3 Å². The molecule has 136 valence electrons. The molecule has 0 aliphatic carbocycles. The minimum Gasteiger partial charge on any atom is -0.487 e. The minimum atomic E-state index is -0.0571. The van der Waals surface area contributed by atoms with Gasteiger partial charge in [0.2, 0.25) is 0 Å². The highest BCUT2D eigenvalue weighted by atomic mass is 35.5. The Bertz CT molecular complexity index is 483. The van der Waals surface area contributed by atoms with E-state index < -0.39 is 0 Å².